The molecule has 4 aliphatic rings. The number of carbonyl (C=O) groups excluding carboxylic acids is 2. The van der Waals surface area contributed by atoms with Crippen molar-refractivity contribution in [2.45, 2.75) is 37.4 Å². The standard InChI is InChI=1S/C20H28N6O2/c1-23-11-12-25-16(14-23)18(27)26(13-15-3-4-15)20(25)5-9-24(10-6-20)19(28)17-21-7-2-8-22-17/h2,7-8,15-16H,3-6,9-14H2,1H3/t16-/m1/s1. The molecule has 0 unspecified atom stereocenters. The predicted octanol–water partition coefficient (Wildman–Crippen LogP) is 0.277. The number of hydrogen-bond donors (Lipinski definition) is 0. The number of hydrogen-bond acceptors (Lipinski definition) is 6. The fourth-order valence-corrected chi connectivity index (χ4v) is 5.16. The molecule has 1 atom stereocenters. The topological polar surface area (TPSA) is 72.9 Å². The van der Waals surface area contributed by atoms with E-state index in [1.807, 2.05) is 4.90 Å². The summed E-state index contributed by atoms with van der Waals surface area (Å²) in [6.07, 6.45) is 7.30. The molecule has 1 aromatic heterocycles. The van der Waals surface area contributed by atoms with Crippen LogP contribution in [0.25, 0.3) is 0 Å². The van der Waals surface area contributed by atoms with E-state index in [0.717, 1.165) is 39.0 Å². The summed E-state index contributed by atoms with van der Waals surface area (Å²) in [6.45, 7) is 4.88. The van der Waals surface area contributed by atoms with Gasteiger partial charge in [-0.3, -0.25) is 14.5 Å². The minimum atomic E-state index is -0.222. The van der Waals surface area contributed by atoms with E-state index in [9.17, 15) is 9.59 Å². The number of amides is 2. The first kappa shape index (κ1) is 18.0. The Hall–Kier alpha value is -2.06. The number of aromatic nitrogens is 2. The van der Waals surface area contributed by atoms with E-state index in [1.54, 1.807) is 18.5 Å². The number of likely N-dealkylation sites (N-methyl/N-ethyl adjacent to an activating group) is 1. The Morgan fingerprint density at radius 1 is 1.14 bits per heavy atom. The van der Waals surface area contributed by atoms with Crippen LogP contribution in [0.5, 0.6) is 0 Å². The van der Waals surface area contributed by atoms with E-state index in [1.165, 1.54) is 12.8 Å². The molecule has 1 aliphatic carbocycles. The van der Waals surface area contributed by atoms with Gasteiger partial charge in [0.1, 0.15) is 11.7 Å². The molecule has 0 radical (unpaired) electrons. The molecule has 3 aliphatic heterocycles. The maximum atomic E-state index is 13.3. The van der Waals surface area contributed by atoms with E-state index >= 15 is 0 Å². The lowest BCUT2D eigenvalue weighted by molar-refractivity contribution is -0.134. The second-order valence-corrected chi connectivity index (χ2v) is 8.71. The molecule has 28 heavy (non-hydrogen) atoms. The lowest BCUT2D eigenvalue weighted by Crippen LogP contribution is -2.63. The minimum Gasteiger partial charge on any atom is -0.336 e. The highest BCUT2D eigenvalue weighted by molar-refractivity contribution is 5.90. The fraction of sp³-hybridized carbons (Fsp3) is 0.700. The number of nitrogens with zero attached hydrogens (tertiary/aromatic N) is 6. The Morgan fingerprint density at radius 3 is 2.54 bits per heavy atom. The van der Waals surface area contributed by atoms with Crippen molar-refractivity contribution in [3.8, 4) is 0 Å². The predicted molar refractivity (Wildman–Crippen MR) is 102 cm³/mol. The molecule has 1 aromatic rings. The summed E-state index contributed by atoms with van der Waals surface area (Å²) < 4.78 is 0. The molecule has 4 fully saturated rings. The smallest absolute Gasteiger partial charge is 0.291 e. The Kier molecular flexibility index (Phi) is 4.35. The zero-order chi connectivity index (χ0) is 19.3. The van der Waals surface area contributed by atoms with Gasteiger partial charge in [0.15, 0.2) is 0 Å². The molecular weight excluding hydrogens is 356 g/mol. The Labute approximate surface area is 165 Å². The zero-order valence-corrected chi connectivity index (χ0v) is 16.5. The molecule has 3 saturated heterocycles. The first-order valence-electron chi connectivity index (χ1n) is 10.4. The third kappa shape index (κ3) is 2.90. The SMILES string of the molecule is CN1CCN2[C@H](C1)C(=O)N(CC1CC1)C21CCN(C(=O)c2ncccn2)CC1. The first-order chi connectivity index (χ1) is 13.6. The van der Waals surface area contributed by atoms with Gasteiger partial charge in [0.2, 0.25) is 11.7 Å². The van der Waals surface area contributed by atoms with Crippen LogP contribution in [0, 0.1) is 5.92 Å². The summed E-state index contributed by atoms with van der Waals surface area (Å²) in [6, 6.07) is 1.69. The van der Waals surface area contributed by atoms with Gasteiger partial charge in [0.25, 0.3) is 5.91 Å². The second kappa shape index (κ2) is 6.77. The lowest BCUT2D eigenvalue weighted by atomic mass is 9.93. The minimum absolute atomic E-state index is 0.0304. The second-order valence-electron chi connectivity index (χ2n) is 8.71. The Morgan fingerprint density at radius 2 is 1.86 bits per heavy atom. The molecule has 150 valence electrons. The van der Waals surface area contributed by atoms with Crippen molar-refractivity contribution in [1.29, 1.82) is 0 Å². The lowest BCUT2D eigenvalue weighted by Gasteiger charge is -2.50. The van der Waals surface area contributed by atoms with Gasteiger partial charge in [-0.2, -0.15) is 0 Å². The number of piperazine rings is 1. The maximum Gasteiger partial charge on any atom is 0.291 e. The van der Waals surface area contributed by atoms with E-state index in [2.05, 4.69) is 31.7 Å². The largest absolute Gasteiger partial charge is 0.336 e. The van der Waals surface area contributed by atoms with Crippen LogP contribution in [0.15, 0.2) is 18.5 Å². The van der Waals surface area contributed by atoms with Crippen LogP contribution in [-0.2, 0) is 4.79 Å². The van der Waals surface area contributed by atoms with Crippen LogP contribution in [0.1, 0.15) is 36.3 Å². The van der Waals surface area contributed by atoms with Crippen molar-refractivity contribution < 1.29 is 9.59 Å². The average molecular weight is 384 g/mol. The van der Waals surface area contributed by atoms with E-state index in [0.29, 0.717) is 24.9 Å². The van der Waals surface area contributed by atoms with E-state index in [4.69, 9.17) is 0 Å². The quantitative estimate of drug-likeness (QED) is 0.745. The molecule has 5 rings (SSSR count). The molecular formula is C20H28N6O2. The van der Waals surface area contributed by atoms with Crippen molar-refractivity contribution in [3.05, 3.63) is 24.3 Å². The van der Waals surface area contributed by atoms with Gasteiger partial charge < -0.3 is 14.7 Å². The Balaban J connectivity index is 1.37. The number of likely N-dealkylation sites (tertiary alicyclic amines) is 1. The van der Waals surface area contributed by atoms with Gasteiger partial charge in [0.05, 0.1) is 0 Å². The van der Waals surface area contributed by atoms with Gasteiger partial charge in [-0.1, -0.05) is 0 Å². The first-order valence-corrected chi connectivity index (χ1v) is 10.4. The normalized spacial score (nSPS) is 28.0. The summed E-state index contributed by atoms with van der Waals surface area (Å²) in [5.41, 5.74) is -0.222. The summed E-state index contributed by atoms with van der Waals surface area (Å²) in [4.78, 5) is 43.1. The van der Waals surface area contributed by atoms with Crippen molar-refractivity contribution in [2.24, 2.45) is 5.92 Å². The highest BCUT2D eigenvalue weighted by Crippen LogP contribution is 2.44. The highest BCUT2D eigenvalue weighted by Gasteiger charge is 2.59. The Bertz CT molecular complexity index is 759. The summed E-state index contributed by atoms with van der Waals surface area (Å²) >= 11 is 0. The van der Waals surface area contributed by atoms with Crippen LogP contribution in [-0.4, -0.2) is 99.4 Å². The molecule has 8 nitrogen and oxygen atoms in total. The molecule has 2 amide bonds. The molecule has 1 spiro atoms. The van der Waals surface area contributed by atoms with Crippen molar-refractivity contribution in [1.82, 2.24) is 29.6 Å². The summed E-state index contributed by atoms with van der Waals surface area (Å²) in [5, 5.41) is 0. The molecule has 0 N–H and O–H groups in total. The molecule has 8 heteroatoms. The molecule has 0 aromatic carbocycles. The maximum absolute atomic E-state index is 13.3. The number of carbonyl (C=O) groups is 2. The third-order valence-electron chi connectivity index (χ3n) is 6.92. The summed E-state index contributed by atoms with van der Waals surface area (Å²) in [7, 11) is 2.10. The van der Waals surface area contributed by atoms with E-state index in [-0.39, 0.29) is 23.4 Å². The van der Waals surface area contributed by atoms with Crippen LogP contribution >= 0.6 is 0 Å². The third-order valence-corrected chi connectivity index (χ3v) is 6.92. The van der Waals surface area contributed by atoms with Crippen molar-refractivity contribution in [3.63, 3.8) is 0 Å². The fourth-order valence-electron chi connectivity index (χ4n) is 5.16. The van der Waals surface area contributed by atoms with Gasteiger partial charge >= 0.3 is 0 Å². The number of piperidine rings is 1. The van der Waals surface area contributed by atoms with Crippen LogP contribution in [0.2, 0.25) is 0 Å². The zero-order valence-electron chi connectivity index (χ0n) is 16.5. The van der Waals surface area contributed by atoms with E-state index < -0.39 is 0 Å². The molecule has 4 heterocycles. The van der Waals surface area contributed by atoms with Gasteiger partial charge in [-0.05, 0) is 31.9 Å². The summed E-state index contributed by atoms with van der Waals surface area (Å²) in [5.74, 6) is 1.11. The van der Waals surface area contributed by atoms with Crippen molar-refractivity contribution in [2.75, 3.05) is 46.3 Å². The van der Waals surface area contributed by atoms with Gasteiger partial charge in [-0.25, -0.2) is 9.97 Å². The number of rotatable bonds is 3. The van der Waals surface area contributed by atoms with Crippen LogP contribution < -0.4 is 0 Å². The van der Waals surface area contributed by atoms with Gasteiger partial charge in [0, 0.05) is 64.5 Å². The average Bonchev–Trinajstić information content (AvgIpc) is 3.53. The van der Waals surface area contributed by atoms with Crippen LogP contribution in [0.4, 0.5) is 0 Å². The van der Waals surface area contributed by atoms with Crippen LogP contribution in [0.3, 0.4) is 0 Å². The molecule has 1 saturated carbocycles. The number of fused-ring (bicyclic) bond motifs is 2. The molecule has 0 bridgehead atoms. The monoisotopic (exact) mass is 384 g/mol. The van der Waals surface area contributed by atoms with Gasteiger partial charge in [-0.15, -0.1) is 0 Å². The highest BCUT2D eigenvalue weighted by atomic mass is 16.2. The van der Waals surface area contributed by atoms with Crippen molar-refractivity contribution >= 4 is 11.8 Å².